The summed E-state index contributed by atoms with van der Waals surface area (Å²) in [7, 11) is 0. The molecule has 0 aliphatic carbocycles. The molecule has 0 amide bonds. The molecule has 1 rings (SSSR count). The summed E-state index contributed by atoms with van der Waals surface area (Å²) in [5.74, 6) is 0.587. The van der Waals surface area contributed by atoms with Crippen molar-refractivity contribution < 1.29 is 5.11 Å². The van der Waals surface area contributed by atoms with Gasteiger partial charge in [-0.1, -0.05) is 70.9 Å². The molecular formula is C18H30O. The van der Waals surface area contributed by atoms with Gasteiger partial charge in [0.25, 0.3) is 0 Å². The summed E-state index contributed by atoms with van der Waals surface area (Å²) in [6, 6.07) is 8.38. The minimum Gasteiger partial charge on any atom is -0.385 e. The van der Waals surface area contributed by atoms with Gasteiger partial charge in [0.15, 0.2) is 0 Å². The van der Waals surface area contributed by atoms with Gasteiger partial charge >= 0.3 is 0 Å². The van der Waals surface area contributed by atoms with Crippen LogP contribution in [-0.4, -0.2) is 5.11 Å². The maximum absolute atomic E-state index is 11.4. The van der Waals surface area contributed by atoms with Crippen molar-refractivity contribution in [2.24, 2.45) is 11.3 Å². The molecule has 0 aromatic heterocycles. The lowest BCUT2D eigenvalue weighted by molar-refractivity contribution is -0.0903. The van der Waals surface area contributed by atoms with Crippen molar-refractivity contribution in [3.63, 3.8) is 0 Å². The van der Waals surface area contributed by atoms with E-state index in [-0.39, 0.29) is 5.41 Å². The fourth-order valence-electron chi connectivity index (χ4n) is 3.25. The average molecular weight is 262 g/mol. The molecule has 0 heterocycles. The molecule has 0 aliphatic heterocycles. The van der Waals surface area contributed by atoms with Crippen molar-refractivity contribution in [3.8, 4) is 0 Å². The predicted octanol–water partition coefficient (Wildman–Crippen LogP) is 5.06. The summed E-state index contributed by atoms with van der Waals surface area (Å²) < 4.78 is 0. The average Bonchev–Trinajstić information content (AvgIpc) is 2.28. The van der Waals surface area contributed by atoms with E-state index in [4.69, 9.17) is 0 Å². The zero-order valence-electron chi connectivity index (χ0n) is 13.5. The number of aliphatic hydroxyl groups is 1. The molecule has 1 nitrogen and oxygen atoms in total. The first-order chi connectivity index (χ1) is 8.73. The molecule has 0 fully saturated rings. The fraction of sp³-hybridized carbons (Fsp3) is 0.667. The van der Waals surface area contributed by atoms with E-state index < -0.39 is 5.60 Å². The molecule has 19 heavy (non-hydrogen) atoms. The zero-order valence-corrected chi connectivity index (χ0v) is 13.5. The van der Waals surface area contributed by atoms with Crippen LogP contribution in [0.15, 0.2) is 24.3 Å². The quantitative estimate of drug-likeness (QED) is 0.760. The summed E-state index contributed by atoms with van der Waals surface area (Å²) in [6.45, 7) is 13.1. The predicted molar refractivity (Wildman–Crippen MR) is 83.2 cm³/mol. The summed E-state index contributed by atoms with van der Waals surface area (Å²) in [5, 5.41) is 11.4. The number of benzene rings is 1. The lowest BCUT2D eigenvalue weighted by atomic mass is 9.65. The minimum atomic E-state index is -0.736. The van der Waals surface area contributed by atoms with Crippen LogP contribution in [0.5, 0.6) is 0 Å². The van der Waals surface area contributed by atoms with Gasteiger partial charge in [0.05, 0.1) is 5.60 Å². The van der Waals surface area contributed by atoms with E-state index in [1.54, 1.807) is 0 Å². The van der Waals surface area contributed by atoms with Crippen molar-refractivity contribution in [3.05, 3.63) is 35.4 Å². The highest BCUT2D eigenvalue weighted by molar-refractivity contribution is 5.28. The molecule has 0 saturated carbocycles. The van der Waals surface area contributed by atoms with Gasteiger partial charge in [0.2, 0.25) is 0 Å². The second kappa shape index (κ2) is 6.09. The highest BCUT2D eigenvalue weighted by atomic mass is 16.3. The second-order valence-electron chi connectivity index (χ2n) is 6.96. The normalized spacial score (nSPS) is 15.6. The monoisotopic (exact) mass is 262 g/mol. The first-order valence-electron chi connectivity index (χ1n) is 7.52. The van der Waals surface area contributed by atoms with Crippen LogP contribution in [0, 0.1) is 18.3 Å². The van der Waals surface area contributed by atoms with E-state index in [9.17, 15) is 5.11 Å². The highest BCUT2D eigenvalue weighted by Gasteiger charge is 2.44. The maximum atomic E-state index is 11.4. The minimum absolute atomic E-state index is 0.119. The van der Waals surface area contributed by atoms with Crippen LogP contribution in [0.3, 0.4) is 0 Å². The van der Waals surface area contributed by atoms with Crippen LogP contribution in [0.1, 0.15) is 65.0 Å². The molecule has 0 saturated heterocycles. The number of aryl methyl sites for hydroxylation is 1. The summed E-state index contributed by atoms with van der Waals surface area (Å²) in [4.78, 5) is 0. The number of rotatable bonds is 6. The van der Waals surface area contributed by atoms with Crippen LogP contribution in [-0.2, 0) is 5.60 Å². The van der Waals surface area contributed by atoms with Crippen LogP contribution in [0.25, 0.3) is 0 Å². The van der Waals surface area contributed by atoms with Gasteiger partial charge in [-0.05, 0) is 36.7 Å². The Balaban J connectivity index is 3.18. The molecule has 108 valence electrons. The van der Waals surface area contributed by atoms with E-state index in [2.05, 4.69) is 65.8 Å². The van der Waals surface area contributed by atoms with Crippen LogP contribution in [0.2, 0.25) is 0 Å². The summed E-state index contributed by atoms with van der Waals surface area (Å²) in [5.41, 5.74) is 1.45. The first-order valence-corrected chi connectivity index (χ1v) is 7.52. The lowest BCUT2D eigenvalue weighted by Gasteiger charge is -2.44. The number of hydrogen-bond acceptors (Lipinski definition) is 1. The zero-order chi connectivity index (χ0) is 14.7. The third-order valence-electron chi connectivity index (χ3n) is 4.18. The Morgan fingerprint density at radius 3 is 2.05 bits per heavy atom. The Kier molecular flexibility index (Phi) is 5.20. The van der Waals surface area contributed by atoms with E-state index in [0.29, 0.717) is 5.92 Å². The van der Waals surface area contributed by atoms with E-state index in [1.165, 1.54) is 5.56 Å². The molecule has 1 N–H and O–H groups in total. The van der Waals surface area contributed by atoms with Gasteiger partial charge in [0.1, 0.15) is 0 Å². The Morgan fingerprint density at radius 1 is 1.11 bits per heavy atom. The van der Waals surface area contributed by atoms with Gasteiger partial charge in [-0.25, -0.2) is 0 Å². The molecule has 0 radical (unpaired) electrons. The molecule has 1 aromatic rings. The molecular weight excluding hydrogens is 232 g/mol. The third kappa shape index (κ3) is 3.60. The van der Waals surface area contributed by atoms with Crippen molar-refractivity contribution in [1.82, 2.24) is 0 Å². The Hall–Kier alpha value is -0.820. The third-order valence-corrected chi connectivity index (χ3v) is 4.18. The van der Waals surface area contributed by atoms with Crippen LogP contribution >= 0.6 is 0 Å². The SMILES string of the molecule is CCCC(O)(c1ccc(C)cc1)C(C)(C)CC(C)C. The second-order valence-corrected chi connectivity index (χ2v) is 6.96. The molecule has 1 atom stereocenters. The van der Waals surface area contributed by atoms with E-state index in [1.807, 2.05) is 0 Å². The largest absolute Gasteiger partial charge is 0.385 e. The van der Waals surface area contributed by atoms with Gasteiger partial charge in [-0.2, -0.15) is 0 Å². The van der Waals surface area contributed by atoms with Crippen LogP contribution in [0.4, 0.5) is 0 Å². The van der Waals surface area contributed by atoms with Crippen molar-refractivity contribution in [2.75, 3.05) is 0 Å². The van der Waals surface area contributed by atoms with Gasteiger partial charge in [-0.3, -0.25) is 0 Å². The molecule has 0 aliphatic rings. The standard InChI is InChI=1S/C18H30O/c1-7-12-18(19,17(5,6)13-14(2)3)16-10-8-15(4)9-11-16/h8-11,14,19H,7,12-13H2,1-6H3. The Labute approximate surface area is 119 Å². The Bertz CT molecular complexity index is 389. The van der Waals surface area contributed by atoms with E-state index in [0.717, 1.165) is 24.8 Å². The van der Waals surface area contributed by atoms with Crippen molar-refractivity contribution in [1.29, 1.82) is 0 Å². The maximum Gasteiger partial charge on any atom is 0.0947 e. The fourth-order valence-corrected chi connectivity index (χ4v) is 3.25. The molecule has 0 bridgehead atoms. The van der Waals surface area contributed by atoms with Gasteiger partial charge in [0, 0.05) is 0 Å². The smallest absolute Gasteiger partial charge is 0.0947 e. The van der Waals surface area contributed by atoms with E-state index >= 15 is 0 Å². The molecule has 1 aromatic carbocycles. The van der Waals surface area contributed by atoms with Gasteiger partial charge < -0.3 is 5.11 Å². The number of hydrogen-bond donors (Lipinski definition) is 1. The summed E-state index contributed by atoms with van der Waals surface area (Å²) in [6.07, 6.45) is 2.83. The van der Waals surface area contributed by atoms with Crippen LogP contribution < -0.4 is 0 Å². The van der Waals surface area contributed by atoms with Crippen molar-refractivity contribution >= 4 is 0 Å². The summed E-state index contributed by atoms with van der Waals surface area (Å²) >= 11 is 0. The lowest BCUT2D eigenvalue weighted by Crippen LogP contribution is -2.42. The van der Waals surface area contributed by atoms with Gasteiger partial charge in [-0.15, -0.1) is 0 Å². The first kappa shape index (κ1) is 16.2. The Morgan fingerprint density at radius 2 is 1.63 bits per heavy atom. The highest BCUT2D eigenvalue weighted by Crippen LogP contribution is 2.46. The molecule has 1 heteroatoms. The molecule has 0 spiro atoms. The van der Waals surface area contributed by atoms with Crippen molar-refractivity contribution in [2.45, 2.75) is 66.4 Å². The molecule has 1 unspecified atom stereocenters. The topological polar surface area (TPSA) is 20.2 Å².